The number of hydrogen-bond donors (Lipinski definition) is 2. The Morgan fingerprint density at radius 1 is 1.26 bits per heavy atom. The fourth-order valence-corrected chi connectivity index (χ4v) is 3.32. The molecule has 3 nitrogen and oxygen atoms in total. The van der Waals surface area contributed by atoms with E-state index in [1.54, 1.807) is 0 Å². The van der Waals surface area contributed by atoms with Crippen molar-refractivity contribution in [3.05, 3.63) is 35.4 Å². The van der Waals surface area contributed by atoms with Gasteiger partial charge in [-0.25, -0.2) is 0 Å². The van der Waals surface area contributed by atoms with E-state index in [1.165, 1.54) is 30.4 Å². The Hall–Kier alpha value is -1.35. The minimum atomic E-state index is 0.0406. The summed E-state index contributed by atoms with van der Waals surface area (Å²) in [6.45, 7) is 1.76. The van der Waals surface area contributed by atoms with E-state index in [9.17, 15) is 4.79 Å². The maximum absolute atomic E-state index is 12.0. The summed E-state index contributed by atoms with van der Waals surface area (Å²) in [6.07, 6.45) is 5.71. The van der Waals surface area contributed by atoms with Crippen LogP contribution in [0.3, 0.4) is 0 Å². The van der Waals surface area contributed by atoms with E-state index in [2.05, 4.69) is 34.9 Å². The summed E-state index contributed by atoms with van der Waals surface area (Å²) in [7, 11) is 0. The van der Waals surface area contributed by atoms with Gasteiger partial charge in [0.15, 0.2) is 0 Å². The van der Waals surface area contributed by atoms with Crippen LogP contribution in [-0.4, -0.2) is 25.0 Å². The number of benzene rings is 1. The van der Waals surface area contributed by atoms with Crippen LogP contribution >= 0.6 is 0 Å². The molecular formula is C16H22N2O. The number of aryl methyl sites for hydroxylation is 1. The molecule has 102 valence electrons. The van der Waals surface area contributed by atoms with Crippen LogP contribution in [0.25, 0.3) is 0 Å². The van der Waals surface area contributed by atoms with Crippen molar-refractivity contribution in [1.29, 1.82) is 0 Å². The molecule has 1 aliphatic carbocycles. The number of hydrogen-bond acceptors (Lipinski definition) is 2. The summed E-state index contributed by atoms with van der Waals surface area (Å²) < 4.78 is 0. The van der Waals surface area contributed by atoms with Crippen molar-refractivity contribution in [3.8, 4) is 0 Å². The van der Waals surface area contributed by atoms with Crippen LogP contribution in [0.15, 0.2) is 24.3 Å². The molecule has 1 amide bonds. The van der Waals surface area contributed by atoms with Crippen molar-refractivity contribution in [2.24, 2.45) is 0 Å². The molecule has 1 aromatic carbocycles. The van der Waals surface area contributed by atoms with Gasteiger partial charge in [-0.15, -0.1) is 0 Å². The number of carbonyl (C=O) groups excluding carboxylic acids is 1. The fourth-order valence-electron chi connectivity index (χ4n) is 3.32. The Bertz CT molecular complexity index is 452. The Kier molecular flexibility index (Phi) is 3.83. The van der Waals surface area contributed by atoms with Crippen LogP contribution in [0.4, 0.5) is 0 Å². The third-order valence-electron chi connectivity index (χ3n) is 4.39. The quantitative estimate of drug-likeness (QED) is 0.870. The molecule has 1 saturated heterocycles. The molecule has 1 heterocycles. The first kappa shape index (κ1) is 12.7. The van der Waals surface area contributed by atoms with Crippen LogP contribution in [0, 0.1) is 0 Å². The van der Waals surface area contributed by atoms with Crippen LogP contribution in [0.1, 0.15) is 42.7 Å². The Morgan fingerprint density at radius 3 is 3.00 bits per heavy atom. The maximum atomic E-state index is 12.0. The molecule has 3 heteroatoms. The van der Waals surface area contributed by atoms with E-state index < -0.39 is 0 Å². The van der Waals surface area contributed by atoms with Gasteiger partial charge in [0, 0.05) is 12.5 Å². The molecule has 2 N–H and O–H groups in total. The van der Waals surface area contributed by atoms with Crippen LogP contribution in [0.5, 0.6) is 0 Å². The van der Waals surface area contributed by atoms with Crippen molar-refractivity contribution in [1.82, 2.24) is 10.6 Å². The average Bonchev–Trinajstić information content (AvgIpc) is 2.99. The highest BCUT2D eigenvalue weighted by molar-refractivity contribution is 5.82. The summed E-state index contributed by atoms with van der Waals surface area (Å²) in [6, 6.07) is 8.71. The number of rotatable bonds is 3. The lowest BCUT2D eigenvalue weighted by molar-refractivity contribution is -0.122. The topological polar surface area (TPSA) is 41.1 Å². The SMILES string of the molecule is O=C(NCC1CCCc2ccccc21)C1CCCN1. The molecule has 1 fully saturated rings. The third kappa shape index (κ3) is 2.81. The van der Waals surface area contributed by atoms with Crippen LogP contribution < -0.4 is 10.6 Å². The van der Waals surface area contributed by atoms with Gasteiger partial charge in [-0.05, 0) is 49.8 Å². The van der Waals surface area contributed by atoms with E-state index in [4.69, 9.17) is 0 Å². The number of carbonyl (C=O) groups is 1. The zero-order valence-electron chi connectivity index (χ0n) is 11.3. The summed E-state index contributed by atoms with van der Waals surface area (Å²) in [5.41, 5.74) is 2.90. The second kappa shape index (κ2) is 5.74. The number of amides is 1. The largest absolute Gasteiger partial charge is 0.354 e. The van der Waals surface area contributed by atoms with Crippen molar-refractivity contribution >= 4 is 5.91 Å². The first-order chi connectivity index (χ1) is 9.34. The molecule has 0 saturated carbocycles. The highest BCUT2D eigenvalue weighted by atomic mass is 16.2. The number of nitrogens with one attached hydrogen (secondary N) is 2. The van der Waals surface area contributed by atoms with E-state index in [0.29, 0.717) is 5.92 Å². The zero-order chi connectivity index (χ0) is 13.1. The van der Waals surface area contributed by atoms with Crippen molar-refractivity contribution in [2.75, 3.05) is 13.1 Å². The molecule has 0 aromatic heterocycles. The molecule has 0 radical (unpaired) electrons. The fraction of sp³-hybridized carbons (Fsp3) is 0.562. The average molecular weight is 258 g/mol. The molecule has 1 aliphatic heterocycles. The third-order valence-corrected chi connectivity index (χ3v) is 4.39. The van der Waals surface area contributed by atoms with Crippen LogP contribution in [-0.2, 0) is 11.2 Å². The lowest BCUT2D eigenvalue weighted by Gasteiger charge is -2.26. The molecule has 2 aliphatic rings. The van der Waals surface area contributed by atoms with E-state index in [0.717, 1.165) is 25.9 Å². The molecule has 2 atom stereocenters. The highest BCUT2D eigenvalue weighted by Crippen LogP contribution is 2.30. The van der Waals surface area contributed by atoms with Crippen molar-refractivity contribution in [2.45, 2.75) is 44.1 Å². The number of fused-ring (bicyclic) bond motifs is 1. The summed E-state index contributed by atoms with van der Waals surface area (Å²) in [5.74, 6) is 0.677. The van der Waals surface area contributed by atoms with E-state index in [1.807, 2.05) is 0 Å². The predicted molar refractivity (Wildman–Crippen MR) is 76.2 cm³/mol. The minimum absolute atomic E-state index is 0.0406. The van der Waals surface area contributed by atoms with Crippen molar-refractivity contribution < 1.29 is 4.79 Å². The van der Waals surface area contributed by atoms with Gasteiger partial charge < -0.3 is 10.6 Å². The van der Waals surface area contributed by atoms with Gasteiger partial charge in [0.1, 0.15) is 0 Å². The molecule has 0 bridgehead atoms. The Morgan fingerprint density at radius 2 is 2.16 bits per heavy atom. The molecule has 2 unspecified atom stereocenters. The Balaban J connectivity index is 1.60. The zero-order valence-corrected chi connectivity index (χ0v) is 11.3. The minimum Gasteiger partial charge on any atom is -0.354 e. The van der Waals surface area contributed by atoms with Crippen molar-refractivity contribution in [3.63, 3.8) is 0 Å². The van der Waals surface area contributed by atoms with Gasteiger partial charge in [0.05, 0.1) is 6.04 Å². The second-order valence-corrected chi connectivity index (χ2v) is 5.68. The molecule has 0 spiro atoms. The van der Waals surface area contributed by atoms with Gasteiger partial charge in [-0.3, -0.25) is 4.79 Å². The highest BCUT2D eigenvalue weighted by Gasteiger charge is 2.24. The lowest BCUT2D eigenvalue weighted by atomic mass is 9.83. The van der Waals surface area contributed by atoms with Gasteiger partial charge in [0.25, 0.3) is 0 Å². The normalized spacial score (nSPS) is 25.9. The van der Waals surface area contributed by atoms with E-state index >= 15 is 0 Å². The second-order valence-electron chi connectivity index (χ2n) is 5.68. The standard InChI is InChI=1S/C16H22N2O/c19-16(15-9-4-10-17-15)18-11-13-7-3-6-12-5-1-2-8-14(12)13/h1-2,5,8,13,15,17H,3-4,6-7,9-11H2,(H,18,19). The van der Waals surface area contributed by atoms with Gasteiger partial charge in [0.2, 0.25) is 5.91 Å². The van der Waals surface area contributed by atoms with Gasteiger partial charge >= 0.3 is 0 Å². The smallest absolute Gasteiger partial charge is 0.237 e. The summed E-state index contributed by atoms with van der Waals surface area (Å²) >= 11 is 0. The molecule has 19 heavy (non-hydrogen) atoms. The molecular weight excluding hydrogens is 236 g/mol. The first-order valence-corrected chi connectivity index (χ1v) is 7.43. The monoisotopic (exact) mass is 258 g/mol. The van der Waals surface area contributed by atoms with E-state index in [-0.39, 0.29) is 11.9 Å². The predicted octanol–water partition coefficient (Wildman–Crippen LogP) is 1.97. The maximum Gasteiger partial charge on any atom is 0.237 e. The van der Waals surface area contributed by atoms with Crippen LogP contribution in [0.2, 0.25) is 0 Å². The first-order valence-electron chi connectivity index (χ1n) is 7.43. The summed E-state index contributed by atoms with van der Waals surface area (Å²) in [5, 5.41) is 6.38. The van der Waals surface area contributed by atoms with Gasteiger partial charge in [-0.1, -0.05) is 24.3 Å². The molecule has 3 rings (SSSR count). The Labute approximate surface area is 114 Å². The summed E-state index contributed by atoms with van der Waals surface area (Å²) in [4.78, 5) is 12.0. The molecule has 1 aromatic rings. The van der Waals surface area contributed by atoms with Gasteiger partial charge in [-0.2, -0.15) is 0 Å². The lowest BCUT2D eigenvalue weighted by Crippen LogP contribution is -2.42.